The average molecular weight is 420 g/mol. The Labute approximate surface area is 178 Å². The van der Waals surface area contributed by atoms with Gasteiger partial charge in [0.05, 0.1) is 12.7 Å². The van der Waals surface area contributed by atoms with E-state index in [1.54, 1.807) is 35.2 Å². The molecule has 1 aliphatic heterocycles. The second-order valence-electron chi connectivity index (χ2n) is 7.22. The summed E-state index contributed by atoms with van der Waals surface area (Å²) >= 11 is 0. The molecule has 0 saturated heterocycles. The lowest BCUT2D eigenvalue weighted by molar-refractivity contribution is -0.117. The number of amides is 2. The molecule has 158 valence electrons. The molecular weight excluding hydrogens is 399 g/mol. The predicted molar refractivity (Wildman–Crippen MR) is 117 cm³/mol. The van der Waals surface area contributed by atoms with E-state index in [-0.39, 0.29) is 24.2 Å². The molecule has 0 fully saturated rings. The van der Waals surface area contributed by atoms with Gasteiger partial charge in [-0.05, 0) is 42.0 Å². The number of rotatable bonds is 5. The zero-order valence-electron chi connectivity index (χ0n) is 17.1. The summed E-state index contributed by atoms with van der Waals surface area (Å²) in [6.45, 7) is 0.758. The summed E-state index contributed by atoms with van der Waals surface area (Å²) in [5.74, 6) is 0.454. The molecule has 2 amide bonds. The first-order valence-electron chi connectivity index (χ1n) is 9.65. The van der Waals surface area contributed by atoms with Crippen molar-refractivity contribution < 1.29 is 14.0 Å². The molecule has 4 rings (SSSR count). The van der Waals surface area contributed by atoms with Crippen LogP contribution in [0.2, 0.25) is 0 Å². The number of likely N-dealkylation sites (N-methyl/N-ethyl adjacent to an activating group) is 2. The number of carbonyl (C=O) groups is 2. The zero-order valence-corrected chi connectivity index (χ0v) is 17.1. The Bertz CT molecular complexity index is 1120. The second kappa shape index (κ2) is 8.39. The van der Waals surface area contributed by atoms with Crippen molar-refractivity contribution in [3.05, 3.63) is 71.7 Å². The Morgan fingerprint density at radius 1 is 1.10 bits per heavy atom. The van der Waals surface area contributed by atoms with Gasteiger partial charge in [0.25, 0.3) is 5.91 Å². The van der Waals surface area contributed by atoms with Gasteiger partial charge in [0, 0.05) is 31.9 Å². The van der Waals surface area contributed by atoms with Crippen molar-refractivity contribution >= 4 is 35.0 Å². The van der Waals surface area contributed by atoms with Crippen LogP contribution < -0.4 is 20.4 Å². The highest BCUT2D eigenvalue weighted by Crippen LogP contribution is 2.29. The van der Waals surface area contributed by atoms with Gasteiger partial charge in [-0.2, -0.15) is 4.98 Å². The number of anilines is 4. The van der Waals surface area contributed by atoms with Crippen LogP contribution in [0.3, 0.4) is 0 Å². The molecule has 0 saturated carbocycles. The number of carbonyl (C=O) groups excluding carboxylic acids is 2. The van der Waals surface area contributed by atoms with Crippen molar-refractivity contribution in [1.82, 2.24) is 9.97 Å². The van der Waals surface area contributed by atoms with Crippen molar-refractivity contribution in [3.63, 3.8) is 0 Å². The number of aromatic nitrogens is 2. The fourth-order valence-corrected chi connectivity index (χ4v) is 3.18. The Kier molecular flexibility index (Phi) is 5.48. The van der Waals surface area contributed by atoms with Gasteiger partial charge >= 0.3 is 0 Å². The number of benzene rings is 2. The van der Waals surface area contributed by atoms with E-state index in [0.717, 1.165) is 5.56 Å². The maximum Gasteiger partial charge on any atom is 0.255 e. The van der Waals surface area contributed by atoms with Crippen LogP contribution >= 0.6 is 0 Å². The molecule has 9 heteroatoms. The van der Waals surface area contributed by atoms with Crippen LogP contribution in [0.5, 0.6) is 0 Å². The highest BCUT2D eigenvalue weighted by molar-refractivity contribution is 6.04. The summed E-state index contributed by atoms with van der Waals surface area (Å²) in [6, 6.07) is 12.7. The van der Waals surface area contributed by atoms with Crippen LogP contribution in [0.4, 0.5) is 27.5 Å². The topological polar surface area (TPSA) is 90.5 Å². The fourth-order valence-electron chi connectivity index (χ4n) is 3.18. The molecule has 0 spiro atoms. The van der Waals surface area contributed by atoms with Crippen LogP contribution in [0.15, 0.2) is 54.7 Å². The Balaban J connectivity index is 1.37. The van der Waals surface area contributed by atoms with Gasteiger partial charge in [-0.1, -0.05) is 12.1 Å². The maximum absolute atomic E-state index is 13.0. The molecule has 3 aromatic rings. The van der Waals surface area contributed by atoms with E-state index < -0.39 is 0 Å². The van der Waals surface area contributed by atoms with Crippen LogP contribution in [-0.4, -0.2) is 42.4 Å². The minimum Gasteiger partial charge on any atom is -0.350 e. The smallest absolute Gasteiger partial charge is 0.255 e. The maximum atomic E-state index is 13.0. The summed E-state index contributed by atoms with van der Waals surface area (Å²) in [5, 5.41) is 5.96. The molecule has 1 aromatic heterocycles. The largest absolute Gasteiger partial charge is 0.350 e. The summed E-state index contributed by atoms with van der Waals surface area (Å²) in [5.41, 5.74) is 2.67. The average Bonchev–Trinajstić information content (AvgIpc) is 2.77. The van der Waals surface area contributed by atoms with E-state index in [9.17, 15) is 14.0 Å². The third-order valence-corrected chi connectivity index (χ3v) is 4.99. The van der Waals surface area contributed by atoms with Gasteiger partial charge in [-0.25, -0.2) is 9.37 Å². The lowest BCUT2D eigenvalue weighted by Crippen LogP contribution is -2.42. The SMILES string of the molecule is CN1CC(=O)N(C)c2cnc(NCc3ccc(NC(=O)c4ccc(F)cc4)cc3)nc21. The molecule has 0 atom stereocenters. The van der Waals surface area contributed by atoms with Crippen LogP contribution in [0.25, 0.3) is 0 Å². The number of nitrogens with one attached hydrogen (secondary N) is 2. The quantitative estimate of drug-likeness (QED) is 0.660. The van der Waals surface area contributed by atoms with Gasteiger partial charge in [0.2, 0.25) is 11.9 Å². The van der Waals surface area contributed by atoms with E-state index in [1.165, 1.54) is 24.3 Å². The van der Waals surface area contributed by atoms with Crippen molar-refractivity contribution in [2.45, 2.75) is 6.54 Å². The molecule has 0 radical (unpaired) electrons. The molecule has 0 aliphatic carbocycles. The first-order valence-corrected chi connectivity index (χ1v) is 9.65. The molecule has 31 heavy (non-hydrogen) atoms. The molecule has 0 unspecified atom stereocenters. The zero-order chi connectivity index (χ0) is 22.0. The third-order valence-electron chi connectivity index (χ3n) is 4.99. The molecule has 2 N–H and O–H groups in total. The first-order chi connectivity index (χ1) is 14.9. The van der Waals surface area contributed by atoms with Crippen LogP contribution in [0, 0.1) is 5.82 Å². The standard InChI is InChI=1S/C22H21FN6O2/c1-28-13-19(30)29(2)18-12-25-22(27-20(18)28)24-11-14-3-9-17(10-4-14)26-21(31)15-5-7-16(23)8-6-15/h3-10,12H,11,13H2,1-2H3,(H,26,31)(H,24,25,27). The van der Waals surface area contributed by atoms with Gasteiger partial charge in [0.1, 0.15) is 11.5 Å². The monoisotopic (exact) mass is 420 g/mol. The van der Waals surface area contributed by atoms with Gasteiger partial charge in [-0.3, -0.25) is 9.59 Å². The van der Waals surface area contributed by atoms with E-state index in [1.807, 2.05) is 19.2 Å². The number of hydrogen-bond donors (Lipinski definition) is 2. The van der Waals surface area contributed by atoms with Gasteiger partial charge in [-0.15, -0.1) is 0 Å². The normalized spacial score (nSPS) is 13.1. The van der Waals surface area contributed by atoms with Crippen LogP contribution in [0.1, 0.15) is 15.9 Å². The highest BCUT2D eigenvalue weighted by atomic mass is 19.1. The number of nitrogens with zero attached hydrogens (tertiary/aromatic N) is 4. The highest BCUT2D eigenvalue weighted by Gasteiger charge is 2.26. The summed E-state index contributed by atoms with van der Waals surface area (Å²) in [4.78, 5) is 36.3. The molecule has 2 aromatic carbocycles. The molecule has 8 nitrogen and oxygen atoms in total. The second-order valence-corrected chi connectivity index (χ2v) is 7.22. The molecule has 2 heterocycles. The molecular formula is C22H21FN6O2. The third kappa shape index (κ3) is 4.45. The Morgan fingerprint density at radius 2 is 1.81 bits per heavy atom. The lowest BCUT2D eigenvalue weighted by atomic mass is 10.2. The van der Waals surface area contributed by atoms with E-state index in [0.29, 0.717) is 35.2 Å². The fraction of sp³-hybridized carbons (Fsp3) is 0.182. The minimum atomic E-state index is -0.386. The van der Waals surface area contributed by atoms with Crippen molar-refractivity contribution in [2.24, 2.45) is 0 Å². The summed E-state index contributed by atoms with van der Waals surface area (Å²) in [7, 11) is 3.53. The predicted octanol–water partition coefficient (Wildman–Crippen LogP) is 2.89. The van der Waals surface area contributed by atoms with E-state index in [4.69, 9.17) is 0 Å². The lowest BCUT2D eigenvalue weighted by Gasteiger charge is -2.31. The Morgan fingerprint density at radius 3 is 2.52 bits per heavy atom. The van der Waals surface area contributed by atoms with E-state index in [2.05, 4.69) is 20.6 Å². The summed E-state index contributed by atoms with van der Waals surface area (Å²) in [6.07, 6.45) is 1.63. The first kappa shape index (κ1) is 20.3. The number of fused-ring (bicyclic) bond motifs is 1. The van der Waals surface area contributed by atoms with Crippen molar-refractivity contribution in [1.29, 1.82) is 0 Å². The van der Waals surface area contributed by atoms with Gasteiger partial charge in [0.15, 0.2) is 5.82 Å². The number of hydrogen-bond acceptors (Lipinski definition) is 6. The molecule has 1 aliphatic rings. The number of halogens is 1. The van der Waals surface area contributed by atoms with E-state index >= 15 is 0 Å². The summed E-state index contributed by atoms with van der Waals surface area (Å²) < 4.78 is 13.0. The molecule has 0 bridgehead atoms. The van der Waals surface area contributed by atoms with Gasteiger partial charge < -0.3 is 20.4 Å². The minimum absolute atomic E-state index is 0.00841. The van der Waals surface area contributed by atoms with Crippen molar-refractivity contribution in [3.8, 4) is 0 Å². The van der Waals surface area contributed by atoms with Crippen molar-refractivity contribution in [2.75, 3.05) is 41.1 Å². The van der Waals surface area contributed by atoms with Crippen LogP contribution in [-0.2, 0) is 11.3 Å². The Hall–Kier alpha value is -4.01.